The van der Waals surface area contributed by atoms with Gasteiger partial charge in [0.15, 0.2) is 11.5 Å². The zero-order valence-corrected chi connectivity index (χ0v) is 18.1. The van der Waals surface area contributed by atoms with Gasteiger partial charge in [-0.1, -0.05) is 12.1 Å². The molecule has 0 bridgehead atoms. The minimum Gasteiger partial charge on any atom is -0.464 e. The van der Waals surface area contributed by atoms with E-state index in [1.807, 2.05) is 0 Å². The van der Waals surface area contributed by atoms with Gasteiger partial charge in [0.25, 0.3) is 0 Å². The van der Waals surface area contributed by atoms with Crippen molar-refractivity contribution in [2.24, 2.45) is 0 Å². The van der Waals surface area contributed by atoms with Crippen LogP contribution in [0.2, 0.25) is 0 Å². The topological polar surface area (TPSA) is 146 Å². The van der Waals surface area contributed by atoms with Crippen LogP contribution in [0.25, 0.3) is 22.2 Å². The Morgan fingerprint density at radius 2 is 2.03 bits per heavy atom. The first-order chi connectivity index (χ1) is 15.1. The number of ether oxygens (including phenoxy) is 2. The van der Waals surface area contributed by atoms with Crippen molar-refractivity contribution >= 4 is 29.3 Å². The molecule has 2 heterocycles. The highest BCUT2D eigenvalue weighted by atomic mass is 16.6. The van der Waals surface area contributed by atoms with E-state index in [2.05, 4.69) is 15.4 Å². The van der Waals surface area contributed by atoms with Crippen LogP contribution in [-0.2, 0) is 20.7 Å². The molecule has 0 spiro atoms. The predicted molar refractivity (Wildman–Crippen MR) is 112 cm³/mol. The number of carbonyl (C=O) groups excluding carboxylic acids is 2. The number of para-hydroxylation sites is 1. The van der Waals surface area contributed by atoms with E-state index in [1.165, 1.54) is 12.4 Å². The van der Waals surface area contributed by atoms with Crippen molar-refractivity contribution in [1.82, 2.24) is 20.1 Å². The maximum atomic E-state index is 12.4. The van der Waals surface area contributed by atoms with Crippen molar-refractivity contribution in [2.45, 2.75) is 45.8 Å². The molecule has 11 heteroatoms. The zero-order valence-electron chi connectivity index (χ0n) is 18.1. The first-order valence-electron chi connectivity index (χ1n) is 9.90. The second-order valence-corrected chi connectivity index (χ2v) is 7.87. The van der Waals surface area contributed by atoms with E-state index in [-0.39, 0.29) is 18.9 Å². The highest BCUT2D eigenvalue weighted by Gasteiger charge is 2.28. The van der Waals surface area contributed by atoms with Gasteiger partial charge in [-0.15, -0.1) is 0 Å². The second kappa shape index (κ2) is 9.08. The summed E-state index contributed by atoms with van der Waals surface area (Å²) in [6.45, 7) is 6.92. The normalized spacial score (nSPS) is 12.4. The molecule has 0 radical (unpaired) electrons. The molecule has 170 valence electrons. The molecule has 0 fully saturated rings. The Bertz CT molecular complexity index is 1140. The fraction of sp³-hybridized carbons (Fsp3) is 0.381. The molecule has 0 aliphatic rings. The molecular weight excluding hydrogens is 420 g/mol. The molecule has 0 aliphatic carbocycles. The summed E-state index contributed by atoms with van der Waals surface area (Å²) in [5, 5.41) is 15.4. The van der Waals surface area contributed by atoms with Crippen LogP contribution in [0.5, 0.6) is 0 Å². The number of oxazole rings is 1. The van der Waals surface area contributed by atoms with Crippen LogP contribution < -0.4 is 5.32 Å². The van der Waals surface area contributed by atoms with Crippen LogP contribution >= 0.6 is 0 Å². The summed E-state index contributed by atoms with van der Waals surface area (Å²) >= 11 is 0. The Balaban J connectivity index is 1.88. The van der Waals surface area contributed by atoms with Gasteiger partial charge in [-0.25, -0.2) is 19.4 Å². The summed E-state index contributed by atoms with van der Waals surface area (Å²) in [5.41, 5.74) is 1.30. The van der Waals surface area contributed by atoms with E-state index >= 15 is 0 Å². The van der Waals surface area contributed by atoms with Gasteiger partial charge in [0.1, 0.15) is 17.2 Å². The van der Waals surface area contributed by atoms with Gasteiger partial charge in [-0.2, -0.15) is 9.78 Å². The number of nitrogens with zero attached hydrogens (tertiary/aromatic N) is 3. The van der Waals surface area contributed by atoms with E-state index < -0.39 is 29.8 Å². The van der Waals surface area contributed by atoms with Gasteiger partial charge in [0.2, 0.25) is 0 Å². The van der Waals surface area contributed by atoms with E-state index in [9.17, 15) is 14.4 Å². The van der Waals surface area contributed by atoms with E-state index in [4.69, 9.17) is 19.0 Å². The van der Waals surface area contributed by atoms with Crippen LogP contribution in [0, 0.1) is 0 Å². The third kappa shape index (κ3) is 5.42. The van der Waals surface area contributed by atoms with Crippen LogP contribution in [0.1, 0.15) is 33.6 Å². The average molecular weight is 444 g/mol. The summed E-state index contributed by atoms with van der Waals surface area (Å²) < 4.78 is 16.8. The van der Waals surface area contributed by atoms with Crippen molar-refractivity contribution in [2.75, 3.05) is 6.61 Å². The number of alkyl carbamates (subject to hydrolysis) is 1. The quantitative estimate of drug-likeness (QED) is 0.547. The number of nitrogens with one attached hydrogen (secondary N) is 1. The van der Waals surface area contributed by atoms with Crippen LogP contribution in [0.4, 0.5) is 9.59 Å². The summed E-state index contributed by atoms with van der Waals surface area (Å²) in [7, 11) is 0. The smallest absolute Gasteiger partial charge is 0.432 e. The maximum Gasteiger partial charge on any atom is 0.432 e. The van der Waals surface area contributed by atoms with Crippen LogP contribution in [-0.4, -0.2) is 56.3 Å². The monoisotopic (exact) mass is 444 g/mol. The van der Waals surface area contributed by atoms with Crippen molar-refractivity contribution in [1.29, 1.82) is 0 Å². The van der Waals surface area contributed by atoms with Crippen molar-refractivity contribution in [3.8, 4) is 11.1 Å². The fourth-order valence-corrected chi connectivity index (χ4v) is 2.94. The second-order valence-electron chi connectivity index (χ2n) is 7.87. The lowest BCUT2D eigenvalue weighted by molar-refractivity contribution is -0.145. The predicted octanol–water partition coefficient (Wildman–Crippen LogP) is 3.22. The number of benzene rings is 1. The number of hydrogen-bond donors (Lipinski definition) is 2. The number of rotatable bonds is 6. The molecule has 32 heavy (non-hydrogen) atoms. The molecular formula is C21H24N4O7. The zero-order chi connectivity index (χ0) is 23.5. The first kappa shape index (κ1) is 22.8. The number of esters is 1. The van der Waals surface area contributed by atoms with Gasteiger partial charge >= 0.3 is 18.2 Å². The lowest BCUT2D eigenvalue weighted by Gasteiger charge is -2.22. The Kier molecular flexibility index (Phi) is 6.47. The SMILES string of the molecule is CCOC(=O)C(Cc1nc2c(-c3cnn(C(=O)O)c3)cccc2o1)NC(=O)OC(C)(C)C. The number of fused-ring (bicyclic) bond motifs is 1. The number of hydrogen-bond acceptors (Lipinski definition) is 8. The molecule has 0 aliphatic heterocycles. The summed E-state index contributed by atoms with van der Waals surface area (Å²) in [4.78, 5) is 40.1. The van der Waals surface area contributed by atoms with Gasteiger partial charge in [-0.3, -0.25) is 0 Å². The molecule has 1 aromatic carbocycles. The minimum absolute atomic E-state index is 0.0689. The first-order valence-corrected chi connectivity index (χ1v) is 9.90. The third-order valence-corrected chi connectivity index (χ3v) is 4.19. The molecule has 0 saturated heterocycles. The number of carbonyl (C=O) groups is 3. The molecule has 0 saturated carbocycles. The van der Waals surface area contributed by atoms with Crippen LogP contribution in [0.3, 0.4) is 0 Å². The molecule has 11 nitrogen and oxygen atoms in total. The molecule has 3 rings (SSSR count). The number of carboxylic acid groups (broad SMARTS) is 1. The van der Waals surface area contributed by atoms with Crippen LogP contribution in [0.15, 0.2) is 35.0 Å². The molecule has 1 unspecified atom stereocenters. The largest absolute Gasteiger partial charge is 0.464 e. The van der Waals surface area contributed by atoms with E-state index in [0.717, 1.165) is 4.68 Å². The standard InChI is InChI=1S/C21H24N4O7/c1-5-30-18(26)14(23-19(27)32-21(2,3)4)9-16-24-17-13(7-6-8-15(17)31-16)12-10-22-25(11-12)20(28)29/h6-8,10-11,14H,5,9H2,1-4H3,(H,23,27)(H,28,29). The molecule has 1 amide bonds. The Morgan fingerprint density at radius 1 is 1.28 bits per heavy atom. The van der Waals surface area contributed by atoms with E-state index in [1.54, 1.807) is 45.9 Å². The lowest BCUT2D eigenvalue weighted by atomic mass is 10.1. The Labute approximate surface area is 183 Å². The van der Waals surface area contributed by atoms with Gasteiger partial charge in [0.05, 0.1) is 19.2 Å². The Hall–Kier alpha value is -3.89. The van der Waals surface area contributed by atoms with E-state index in [0.29, 0.717) is 22.2 Å². The molecule has 1 atom stereocenters. The summed E-state index contributed by atoms with van der Waals surface area (Å²) in [5.74, 6) is -0.462. The number of aromatic nitrogens is 3. The van der Waals surface area contributed by atoms with Crippen molar-refractivity contribution in [3.63, 3.8) is 0 Å². The van der Waals surface area contributed by atoms with Crippen molar-refractivity contribution < 1.29 is 33.4 Å². The highest BCUT2D eigenvalue weighted by molar-refractivity contribution is 5.91. The summed E-state index contributed by atoms with van der Waals surface area (Å²) in [6, 6.07) is 4.10. The third-order valence-electron chi connectivity index (χ3n) is 4.19. The van der Waals surface area contributed by atoms with Gasteiger partial charge in [-0.05, 0) is 33.8 Å². The fourth-order valence-electron chi connectivity index (χ4n) is 2.94. The highest BCUT2D eigenvalue weighted by Crippen LogP contribution is 2.29. The molecule has 2 aromatic heterocycles. The Morgan fingerprint density at radius 3 is 2.66 bits per heavy atom. The summed E-state index contributed by atoms with van der Waals surface area (Å²) in [6.07, 6.45) is 0.712. The van der Waals surface area contributed by atoms with Gasteiger partial charge < -0.3 is 24.3 Å². The molecule has 2 N–H and O–H groups in total. The van der Waals surface area contributed by atoms with Gasteiger partial charge in [0, 0.05) is 17.3 Å². The lowest BCUT2D eigenvalue weighted by Crippen LogP contribution is -2.45. The van der Waals surface area contributed by atoms with Crippen molar-refractivity contribution in [3.05, 3.63) is 36.5 Å². The number of amides is 1. The molecule has 3 aromatic rings. The minimum atomic E-state index is -1.21. The average Bonchev–Trinajstić information content (AvgIpc) is 3.32. The maximum absolute atomic E-state index is 12.4.